The number of amides is 1. The summed E-state index contributed by atoms with van der Waals surface area (Å²) >= 11 is 7.83. The van der Waals surface area contributed by atoms with Crippen LogP contribution in [0.3, 0.4) is 0 Å². The van der Waals surface area contributed by atoms with E-state index in [1.165, 1.54) is 29.5 Å². The summed E-state index contributed by atoms with van der Waals surface area (Å²) in [5, 5.41) is 0.516. The summed E-state index contributed by atoms with van der Waals surface area (Å²) in [5.74, 6) is -0.292. The molecule has 2 aliphatic heterocycles. The molecule has 0 N–H and O–H groups in total. The van der Waals surface area contributed by atoms with Gasteiger partial charge in [0.15, 0.2) is 0 Å². The quantitative estimate of drug-likeness (QED) is 0.368. The Morgan fingerprint density at radius 3 is 2.47 bits per heavy atom. The van der Waals surface area contributed by atoms with Gasteiger partial charge in [0, 0.05) is 30.7 Å². The number of carbonyl (C=O) groups is 1. The highest BCUT2D eigenvalue weighted by Gasteiger charge is 2.42. The summed E-state index contributed by atoms with van der Waals surface area (Å²) in [6.07, 6.45) is 3.64. The van der Waals surface area contributed by atoms with Gasteiger partial charge in [0.05, 0.1) is 4.91 Å². The van der Waals surface area contributed by atoms with E-state index in [2.05, 4.69) is 29.2 Å². The smallest absolute Gasteiger partial charge is 0.261 e. The average molecular weight is 493 g/mol. The number of hydrogen-bond acceptors (Lipinski definition) is 3. The summed E-state index contributed by atoms with van der Waals surface area (Å²) in [4.78, 5) is 18.8. The molecule has 2 fully saturated rings. The second-order valence-corrected chi connectivity index (χ2v) is 10.4. The molecule has 3 aromatic rings. The van der Waals surface area contributed by atoms with E-state index in [9.17, 15) is 9.18 Å². The summed E-state index contributed by atoms with van der Waals surface area (Å²) in [6, 6.07) is 24.8. The van der Waals surface area contributed by atoms with Crippen LogP contribution in [0, 0.1) is 5.82 Å². The molecule has 34 heavy (non-hydrogen) atoms. The van der Waals surface area contributed by atoms with Gasteiger partial charge in [-0.2, -0.15) is 0 Å². The third-order valence-corrected chi connectivity index (χ3v) is 7.92. The van der Waals surface area contributed by atoms with Crippen LogP contribution in [0.1, 0.15) is 34.9 Å². The van der Waals surface area contributed by atoms with Crippen LogP contribution in [0.4, 0.5) is 4.39 Å². The molecule has 2 heterocycles. The molecule has 1 unspecified atom stereocenters. The summed E-state index contributed by atoms with van der Waals surface area (Å²) in [6.45, 7) is 2.82. The number of hydrogen-bond donors (Lipinski definition) is 0. The fourth-order valence-electron chi connectivity index (χ4n) is 4.75. The zero-order valence-corrected chi connectivity index (χ0v) is 20.3. The highest BCUT2D eigenvalue weighted by Crippen LogP contribution is 2.48. The normalized spacial score (nSPS) is 20.9. The Kier molecular flexibility index (Phi) is 7.05. The second-order valence-electron chi connectivity index (χ2n) is 8.79. The zero-order valence-electron chi connectivity index (χ0n) is 18.7. The molecule has 2 aliphatic rings. The number of halogens is 2. The minimum Gasteiger partial charge on any atom is -0.319 e. The first kappa shape index (κ1) is 23.2. The third-order valence-electron chi connectivity index (χ3n) is 6.42. The van der Waals surface area contributed by atoms with Crippen molar-refractivity contribution in [1.29, 1.82) is 0 Å². The van der Waals surface area contributed by atoms with Crippen LogP contribution >= 0.6 is 23.4 Å². The Hall–Kier alpha value is -2.60. The van der Waals surface area contributed by atoms with E-state index in [1.807, 2.05) is 41.3 Å². The number of carbonyl (C=O) groups excluding carboxylic acids is 1. The van der Waals surface area contributed by atoms with Crippen molar-refractivity contribution >= 4 is 35.3 Å². The highest BCUT2D eigenvalue weighted by molar-refractivity contribution is 8.04. The lowest BCUT2D eigenvalue weighted by molar-refractivity contribution is -0.129. The molecule has 3 aromatic carbocycles. The molecule has 0 spiro atoms. The van der Waals surface area contributed by atoms with E-state index in [4.69, 9.17) is 11.6 Å². The van der Waals surface area contributed by atoms with Crippen LogP contribution in [-0.4, -0.2) is 34.8 Å². The molecular weight excluding hydrogens is 467 g/mol. The Labute approximate surface area is 209 Å². The van der Waals surface area contributed by atoms with E-state index in [0.29, 0.717) is 15.5 Å². The second kappa shape index (κ2) is 10.3. The predicted molar refractivity (Wildman–Crippen MR) is 138 cm³/mol. The molecular formula is C28H26ClFN2OS. The Bertz CT molecular complexity index is 1190. The van der Waals surface area contributed by atoms with Crippen molar-refractivity contribution in [2.75, 3.05) is 13.1 Å². The van der Waals surface area contributed by atoms with Crippen molar-refractivity contribution in [3.8, 4) is 0 Å². The molecule has 2 saturated heterocycles. The lowest BCUT2D eigenvalue weighted by Gasteiger charge is -2.39. The van der Waals surface area contributed by atoms with Gasteiger partial charge in [0.2, 0.25) is 0 Å². The van der Waals surface area contributed by atoms with Gasteiger partial charge >= 0.3 is 0 Å². The van der Waals surface area contributed by atoms with E-state index in [-0.39, 0.29) is 23.1 Å². The molecule has 1 amide bonds. The van der Waals surface area contributed by atoms with Gasteiger partial charge in [0.25, 0.3) is 5.91 Å². The maximum Gasteiger partial charge on any atom is 0.261 e. The molecule has 1 atom stereocenters. The van der Waals surface area contributed by atoms with Crippen molar-refractivity contribution in [3.05, 3.63) is 111 Å². The maximum absolute atomic E-state index is 13.7. The number of piperidine rings is 1. The number of rotatable bonds is 5. The van der Waals surface area contributed by atoms with E-state index in [0.717, 1.165) is 38.0 Å². The minimum atomic E-state index is -0.307. The average Bonchev–Trinajstić information content (AvgIpc) is 3.16. The van der Waals surface area contributed by atoms with Crippen LogP contribution in [0.15, 0.2) is 83.8 Å². The monoisotopic (exact) mass is 492 g/mol. The fourth-order valence-corrected chi connectivity index (χ4v) is 6.26. The topological polar surface area (TPSA) is 23.6 Å². The molecule has 0 bridgehead atoms. The number of benzene rings is 3. The van der Waals surface area contributed by atoms with E-state index < -0.39 is 0 Å². The molecule has 5 rings (SSSR count). The van der Waals surface area contributed by atoms with Gasteiger partial charge < -0.3 is 4.90 Å². The first-order valence-electron chi connectivity index (χ1n) is 11.6. The van der Waals surface area contributed by atoms with Gasteiger partial charge in [-0.25, -0.2) is 4.39 Å². The van der Waals surface area contributed by atoms with Crippen LogP contribution in [0.5, 0.6) is 0 Å². The van der Waals surface area contributed by atoms with Crippen molar-refractivity contribution in [3.63, 3.8) is 0 Å². The summed E-state index contributed by atoms with van der Waals surface area (Å²) < 4.78 is 13.7. The van der Waals surface area contributed by atoms with E-state index in [1.54, 1.807) is 12.1 Å². The van der Waals surface area contributed by atoms with Crippen LogP contribution < -0.4 is 0 Å². The first-order valence-corrected chi connectivity index (χ1v) is 12.8. The summed E-state index contributed by atoms with van der Waals surface area (Å²) in [7, 11) is 0. The molecule has 0 saturated carbocycles. The number of likely N-dealkylation sites (tertiary alicyclic amines) is 1. The molecule has 6 heteroatoms. The first-order chi connectivity index (χ1) is 16.6. The lowest BCUT2D eigenvalue weighted by Crippen LogP contribution is -2.46. The molecule has 174 valence electrons. The number of nitrogens with zero attached hydrogens (tertiary/aromatic N) is 2. The van der Waals surface area contributed by atoms with Crippen LogP contribution in [0.2, 0.25) is 5.02 Å². The summed E-state index contributed by atoms with van der Waals surface area (Å²) in [5.41, 5.74) is 3.02. The van der Waals surface area contributed by atoms with Crippen LogP contribution in [-0.2, 0) is 11.3 Å². The van der Waals surface area contributed by atoms with Crippen LogP contribution in [0.25, 0.3) is 6.08 Å². The van der Waals surface area contributed by atoms with Gasteiger partial charge in [-0.1, -0.05) is 78.0 Å². The van der Waals surface area contributed by atoms with Crippen molar-refractivity contribution in [2.45, 2.75) is 30.8 Å². The highest BCUT2D eigenvalue weighted by atomic mass is 35.5. The molecule has 3 nitrogen and oxygen atoms in total. The SMILES string of the molecule is O=C1/C(=C\c2cccc(F)c2)SC(c2cccc(Cl)c2)N1C1CCN(Cc2ccccc2)CC1. The maximum atomic E-state index is 13.7. The Morgan fingerprint density at radius 2 is 1.74 bits per heavy atom. The van der Waals surface area contributed by atoms with Crippen molar-refractivity contribution < 1.29 is 9.18 Å². The lowest BCUT2D eigenvalue weighted by atomic mass is 10.0. The predicted octanol–water partition coefficient (Wildman–Crippen LogP) is 6.76. The Balaban J connectivity index is 1.37. The van der Waals surface area contributed by atoms with E-state index >= 15 is 0 Å². The Morgan fingerprint density at radius 1 is 0.971 bits per heavy atom. The largest absolute Gasteiger partial charge is 0.319 e. The zero-order chi connectivity index (χ0) is 23.5. The van der Waals surface area contributed by atoms with Gasteiger partial charge in [-0.3, -0.25) is 9.69 Å². The van der Waals surface area contributed by atoms with Gasteiger partial charge in [-0.15, -0.1) is 0 Å². The van der Waals surface area contributed by atoms with Crippen molar-refractivity contribution in [1.82, 2.24) is 9.80 Å². The number of thioether (sulfide) groups is 1. The standard InChI is InChI=1S/C28H26ClFN2OS/c29-23-10-5-9-22(18-23)28-32(27(33)26(34-28)17-21-8-4-11-24(30)16-21)25-12-14-31(15-13-25)19-20-6-2-1-3-7-20/h1-11,16-18,25,28H,12-15,19H2/b26-17+. The fraction of sp³-hybridized carbons (Fsp3) is 0.250. The van der Waals surface area contributed by atoms with Gasteiger partial charge in [-0.05, 0) is 59.9 Å². The minimum absolute atomic E-state index is 0.0146. The molecule has 0 aromatic heterocycles. The third kappa shape index (κ3) is 5.22. The molecule has 0 aliphatic carbocycles. The van der Waals surface area contributed by atoms with Crippen molar-refractivity contribution in [2.24, 2.45) is 0 Å². The molecule has 0 radical (unpaired) electrons. The van der Waals surface area contributed by atoms with Gasteiger partial charge in [0.1, 0.15) is 11.2 Å².